The summed E-state index contributed by atoms with van der Waals surface area (Å²) < 4.78 is 18.7. The zero-order chi connectivity index (χ0) is 30.1. The van der Waals surface area contributed by atoms with Crippen molar-refractivity contribution >= 4 is 46.7 Å². The molecule has 3 aromatic rings. The number of thiol groups is 1. The fourth-order valence-corrected chi connectivity index (χ4v) is 7.77. The minimum absolute atomic E-state index is 0.256. The molecule has 0 saturated carbocycles. The molecule has 4 rings (SSSR count). The van der Waals surface area contributed by atoms with Gasteiger partial charge in [-0.05, 0) is 66.4 Å². The summed E-state index contributed by atoms with van der Waals surface area (Å²) >= 11 is 10.7. The summed E-state index contributed by atoms with van der Waals surface area (Å²) in [4.78, 5) is 40.6. The molecule has 0 spiro atoms. The van der Waals surface area contributed by atoms with Gasteiger partial charge in [0, 0.05) is 18.4 Å². The van der Waals surface area contributed by atoms with Crippen LogP contribution in [0.2, 0.25) is 0 Å². The van der Waals surface area contributed by atoms with Gasteiger partial charge in [-0.1, -0.05) is 49.1 Å². The predicted molar refractivity (Wildman–Crippen MR) is 165 cm³/mol. The van der Waals surface area contributed by atoms with Crippen LogP contribution in [0.5, 0.6) is 11.5 Å². The van der Waals surface area contributed by atoms with Crippen LogP contribution >= 0.6 is 17.6 Å². The van der Waals surface area contributed by atoms with Crippen LogP contribution in [0.4, 0.5) is 0 Å². The molecule has 13 heteroatoms. The lowest BCUT2D eigenvalue weighted by atomic mass is 9.99. The van der Waals surface area contributed by atoms with Gasteiger partial charge in [-0.25, -0.2) is 4.79 Å². The van der Waals surface area contributed by atoms with E-state index in [0.29, 0.717) is 30.9 Å². The molecule has 42 heavy (non-hydrogen) atoms. The van der Waals surface area contributed by atoms with E-state index >= 15 is 0 Å². The predicted octanol–water partition coefficient (Wildman–Crippen LogP) is 4.98. The highest BCUT2D eigenvalue weighted by Crippen LogP contribution is 2.53. The second-order valence-electron chi connectivity index (χ2n) is 9.51. The van der Waals surface area contributed by atoms with Crippen molar-refractivity contribution in [3.63, 3.8) is 0 Å². The normalized spacial score (nSPS) is 15.7. The SMILES string of the molecule is CCC(CC(=O)Oc1cccc(Cc2ccccc2C(=O)Oc2ccc(P(=S)(S)N3CCOCC3)cc2)c1)O[N+](=O)[O-]. The topological polar surface area (TPSA) is 117 Å². The number of nitrogens with zero attached hydrogens (tertiary/aromatic N) is 2. The van der Waals surface area contributed by atoms with E-state index in [4.69, 9.17) is 38.3 Å². The number of esters is 2. The number of hydrogen-bond acceptors (Lipinski definition) is 9. The molecule has 2 atom stereocenters. The third-order valence-corrected chi connectivity index (χ3v) is 11.5. The number of ether oxygens (including phenoxy) is 3. The number of hydrogen-bond donors (Lipinski definition) is 1. The first-order chi connectivity index (χ1) is 20.2. The van der Waals surface area contributed by atoms with Crippen molar-refractivity contribution in [2.75, 3.05) is 26.3 Å². The highest BCUT2D eigenvalue weighted by molar-refractivity contribution is 8.65. The van der Waals surface area contributed by atoms with Crippen molar-refractivity contribution in [1.29, 1.82) is 0 Å². The summed E-state index contributed by atoms with van der Waals surface area (Å²) in [5.74, 6) is -0.468. The molecule has 0 aliphatic carbocycles. The first-order valence-electron chi connectivity index (χ1n) is 13.3. The second kappa shape index (κ2) is 14.8. The van der Waals surface area contributed by atoms with Crippen LogP contribution in [0.1, 0.15) is 41.3 Å². The number of benzene rings is 3. The van der Waals surface area contributed by atoms with Gasteiger partial charge in [-0.3, -0.25) is 9.46 Å². The summed E-state index contributed by atoms with van der Waals surface area (Å²) in [5, 5.41) is 8.37. The average Bonchev–Trinajstić information content (AvgIpc) is 2.97. The molecule has 2 unspecified atom stereocenters. The molecule has 0 N–H and O–H groups in total. The maximum atomic E-state index is 13.2. The van der Waals surface area contributed by atoms with Crippen LogP contribution in [0.3, 0.4) is 0 Å². The van der Waals surface area contributed by atoms with Crippen LogP contribution in [0.15, 0.2) is 72.8 Å². The summed E-state index contributed by atoms with van der Waals surface area (Å²) in [6, 6.07) is 21.2. The number of carbonyl (C=O) groups is 2. The van der Waals surface area contributed by atoms with Gasteiger partial charge in [0.1, 0.15) is 17.6 Å². The Hall–Kier alpha value is -3.28. The van der Waals surface area contributed by atoms with Gasteiger partial charge in [0.05, 0.1) is 30.6 Å². The molecule has 1 saturated heterocycles. The van der Waals surface area contributed by atoms with Crippen molar-refractivity contribution in [2.45, 2.75) is 32.3 Å². The molecule has 10 nitrogen and oxygen atoms in total. The van der Waals surface area contributed by atoms with E-state index in [-0.39, 0.29) is 18.6 Å². The minimum Gasteiger partial charge on any atom is -0.426 e. The molecule has 1 aliphatic rings. The van der Waals surface area contributed by atoms with Gasteiger partial charge >= 0.3 is 11.9 Å². The summed E-state index contributed by atoms with van der Waals surface area (Å²) in [6.45, 7) is 4.41. The molecule has 222 valence electrons. The summed E-state index contributed by atoms with van der Waals surface area (Å²) in [6.07, 6.45) is -0.478. The lowest BCUT2D eigenvalue weighted by Crippen LogP contribution is -2.35. The molecular weight excluding hydrogens is 599 g/mol. The third kappa shape index (κ3) is 8.62. The Morgan fingerprint density at radius 3 is 2.45 bits per heavy atom. The molecular formula is C29H31N2O8PS2. The molecule has 3 aromatic carbocycles. The fraction of sp³-hybridized carbons (Fsp3) is 0.310. The second-order valence-corrected chi connectivity index (χ2v) is 15.8. The number of rotatable bonds is 12. The van der Waals surface area contributed by atoms with Crippen molar-refractivity contribution in [3.8, 4) is 11.5 Å². The molecule has 0 radical (unpaired) electrons. The van der Waals surface area contributed by atoms with Crippen LogP contribution < -0.4 is 14.8 Å². The zero-order valence-corrected chi connectivity index (χ0v) is 25.5. The highest BCUT2D eigenvalue weighted by atomic mass is 32.9. The maximum Gasteiger partial charge on any atom is 0.343 e. The van der Waals surface area contributed by atoms with Gasteiger partial charge in [0.25, 0.3) is 5.09 Å². The Balaban J connectivity index is 1.41. The number of morpholine rings is 1. The minimum atomic E-state index is -2.23. The van der Waals surface area contributed by atoms with Crippen molar-refractivity contribution < 1.29 is 33.7 Å². The van der Waals surface area contributed by atoms with Crippen LogP contribution in [-0.2, 0) is 32.6 Å². The van der Waals surface area contributed by atoms with Gasteiger partial charge in [0.2, 0.25) is 0 Å². The Labute approximate surface area is 254 Å². The zero-order valence-electron chi connectivity index (χ0n) is 22.9. The first-order valence-corrected chi connectivity index (χ1v) is 17.2. The van der Waals surface area contributed by atoms with Crippen molar-refractivity contribution in [3.05, 3.63) is 99.6 Å². The fourth-order valence-electron chi connectivity index (χ4n) is 4.41. The summed E-state index contributed by atoms with van der Waals surface area (Å²) in [7, 11) is 0. The average molecular weight is 631 g/mol. The molecule has 1 heterocycles. The van der Waals surface area contributed by atoms with Crippen LogP contribution in [0.25, 0.3) is 0 Å². The van der Waals surface area contributed by atoms with Gasteiger partial charge in [0.15, 0.2) is 0 Å². The quantitative estimate of drug-likeness (QED) is 0.0734. The molecule has 1 aliphatic heterocycles. The van der Waals surface area contributed by atoms with E-state index in [0.717, 1.165) is 29.5 Å². The van der Waals surface area contributed by atoms with Gasteiger partial charge in [-0.2, -0.15) is 0 Å². The van der Waals surface area contributed by atoms with E-state index < -0.39 is 28.5 Å². The van der Waals surface area contributed by atoms with E-state index in [1.54, 1.807) is 49.4 Å². The van der Waals surface area contributed by atoms with Crippen LogP contribution in [-0.4, -0.2) is 54.1 Å². The Morgan fingerprint density at radius 1 is 1.05 bits per heavy atom. The maximum absolute atomic E-state index is 13.2. The third-order valence-electron chi connectivity index (χ3n) is 6.60. The Bertz CT molecular complexity index is 1460. The molecule has 1 fully saturated rings. The van der Waals surface area contributed by atoms with E-state index in [9.17, 15) is 19.7 Å². The van der Waals surface area contributed by atoms with E-state index in [2.05, 4.69) is 9.51 Å². The molecule has 0 bridgehead atoms. The van der Waals surface area contributed by atoms with E-state index in [1.807, 2.05) is 30.3 Å². The molecule has 0 aromatic heterocycles. The highest BCUT2D eigenvalue weighted by Gasteiger charge is 2.26. The first kappa shape index (κ1) is 31.7. The lowest BCUT2D eigenvalue weighted by molar-refractivity contribution is -0.768. The largest absolute Gasteiger partial charge is 0.426 e. The van der Waals surface area contributed by atoms with Gasteiger partial charge in [-0.15, -0.1) is 22.4 Å². The van der Waals surface area contributed by atoms with E-state index in [1.165, 1.54) is 0 Å². The number of carbonyl (C=O) groups excluding carboxylic acids is 2. The monoisotopic (exact) mass is 630 g/mol. The van der Waals surface area contributed by atoms with Crippen molar-refractivity contribution in [2.24, 2.45) is 0 Å². The molecule has 0 amide bonds. The lowest BCUT2D eigenvalue weighted by Gasteiger charge is -2.34. The van der Waals surface area contributed by atoms with Crippen LogP contribution in [0, 0.1) is 10.1 Å². The standard InChI is InChI=1S/C29H31N2O8PS2/c1-2-23(39-31(34)35)20-28(32)37-25-8-5-6-21(19-25)18-22-7-3-4-9-27(22)29(33)38-24-10-12-26(13-11-24)40(41,42)30-14-16-36-17-15-30/h3-13,19,23H,2,14-18,20H2,1H3,(H,41,42). The Kier molecular flexibility index (Phi) is 11.1. The summed E-state index contributed by atoms with van der Waals surface area (Å²) in [5.41, 5.74) is 1.92. The Morgan fingerprint density at radius 2 is 1.76 bits per heavy atom. The van der Waals surface area contributed by atoms with Gasteiger partial charge < -0.3 is 19.0 Å². The smallest absolute Gasteiger partial charge is 0.343 e. The van der Waals surface area contributed by atoms with Crippen molar-refractivity contribution in [1.82, 2.24) is 4.67 Å².